The number of nitrogens with zero attached hydrogens (tertiary/aromatic N) is 1. The lowest BCUT2D eigenvalue weighted by Gasteiger charge is -2.41. The number of carbonyl (C=O) groups is 1. The van der Waals surface area contributed by atoms with Gasteiger partial charge in [-0.3, -0.25) is 4.79 Å². The monoisotopic (exact) mass is 222 g/mol. The molecule has 2 saturated heterocycles. The Balaban J connectivity index is 1.67. The molecule has 2 heterocycles. The lowest BCUT2D eigenvalue weighted by Crippen LogP contribution is -2.51. The molecule has 3 aliphatic rings. The van der Waals surface area contributed by atoms with Crippen LogP contribution in [-0.4, -0.2) is 37.0 Å². The van der Waals surface area contributed by atoms with Gasteiger partial charge in [0.05, 0.1) is 5.41 Å². The average Bonchev–Trinajstić information content (AvgIpc) is 2.68. The van der Waals surface area contributed by atoms with Gasteiger partial charge in [-0.1, -0.05) is 6.42 Å². The van der Waals surface area contributed by atoms with Crippen LogP contribution in [0.25, 0.3) is 0 Å². The van der Waals surface area contributed by atoms with Crippen molar-refractivity contribution in [3.63, 3.8) is 0 Å². The summed E-state index contributed by atoms with van der Waals surface area (Å²) in [5.41, 5.74) is -0.0119. The minimum absolute atomic E-state index is 0.0119. The number of amides is 1. The van der Waals surface area contributed by atoms with E-state index >= 15 is 0 Å². The molecule has 2 aliphatic heterocycles. The number of likely N-dealkylation sites (tertiary alicyclic amines) is 1. The van der Waals surface area contributed by atoms with Gasteiger partial charge in [0.1, 0.15) is 0 Å². The number of piperidine rings is 1. The normalized spacial score (nSPS) is 35.8. The molecule has 0 aromatic heterocycles. The predicted molar refractivity (Wildman–Crippen MR) is 63.1 cm³/mol. The summed E-state index contributed by atoms with van der Waals surface area (Å²) in [6.45, 7) is 4.01. The molecule has 1 unspecified atom stereocenters. The zero-order valence-electron chi connectivity index (χ0n) is 10.0. The van der Waals surface area contributed by atoms with Crippen LogP contribution in [0.1, 0.15) is 38.5 Å². The third-order valence-electron chi connectivity index (χ3n) is 4.77. The van der Waals surface area contributed by atoms with Crippen molar-refractivity contribution < 1.29 is 4.79 Å². The highest BCUT2D eigenvalue weighted by Crippen LogP contribution is 2.38. The fraction of sp³-hybridized carbons (Fsp3) is 0.923. The Hall–Kier alpha value is -0.570. The van der Waals surface area contributed by atoms with E-state index < -0.39 is 0 Å². The van der Waals surface area contributed by atoms with E-state index in [1.165, 1.54) is 25.7 Å². The lowest BCUT2D eigenvalue weighted by atomic mass is 9.77. The lowest BCUT2D eigenvalue weighted by molar-refractivity contribution is -0.146. The Morgan fingerprint density at radius 2 is 2.19 bits per heavy atom. The molecule has 1 aliphatic carbocycles. The third-order valence-corrected chi connectivity index (χ3v) is 4.77. The van der Waals surface area contributed by atoms with Crippen LogP contribution >= 0.6 is 0 Å². The molecule has 3 rings (SSSR count). The molecule has 1 amide bonds. The zero-order valence-corrected chi connectivity index (χ0v) is 10.0. The van der Waals surface area contributed by atoms with E-state index in [1.54, 1.807) is 0 Å². The standard InChI is InChI=1S/C13H22N2O/c16-12-13(6-7-14-10-13)5-2-8-15(12)9-11-3-1-4-11/h11,14H,1-10H2. The summed E-state index contributed by atoms with van der Waals surface area (Å²) >= 11 is 0. The first-order chi connectivity index (χ1) is 7.80. The summed E-state index contributed by atoms with van der Waals surface area (Å²) in [4.78, 5) is 14.7. The van der Waals surface area contributed by atoms with E-state index in [1.807, 2.05) is 0 Å². The molecule has 90 valence electrons. The van der Waals surface area contributed by atoms with Gasteiger partial charge in [0.2, 0.25) is 5.91 Å². The van der Waals surface area contributed by atoms with Crippen LogP contribution in [-0.2, 0) is 4.79 Å². The summed E-state index contributed by atoms with van der Waals surface area (Å²) in [5, 5.41) is 3.37. The van der Waals surface area contributed by atoms with Crippen LogP contribution in [0.2, 0.25) is 0 Å². The van der Waals surface area contributed by atoms with Crippen LogP contribution < -0.4 is 5.32 Å². The van der Waals surface area contributed by atoms with Crippen molar-refractivity contribution in [2.24, 2.45) is 11.3 Å². The van der Waals surface area contributed by atoms with Gasteiger partial charge < -0.3 is 10.2 Å². The summed E-state index contributed by atoms with van der Waals surface area (Å²) < 4.78 is 0. The number of carbonyl (C=O) groups excluding carboxylic acids is 1. The number of nitrogens with one attached hydrogen (secondary N) is 1. The van der Waals surface area contributed by atoms with Crippen LogP contribution in [0, 0.1) is 11.3 Å². The maximum absolute atomic E-state index is 12.5. The molecular formula is C13H22N2O. The molecule has 1 N–H and O–H groups in total. The van der Waals surface area contributed by atoms with Crippen molar-refractivity contribution in [2.75, 3.05) is 26.2 Å². The molecule has 3 nitrogen and oxygen atoms in total. The number of rotatable bonds is 2. The topological polar surface area (TPSA) is 32.3 Å². The van der Waals surface area contributed by atoms with E-state index in [4.69, 9.17) is 0 Å². The molecule has 16 heavy (non-hydrogen) atoms. The molecule has 1 atom stereocenters. The van der Waals surface area contributed by atoms with E-state index in [9.17, 15) is 4.79 Å². The first kappa shape index (κ1) is 10.6. The maximum Gasteiger partial charge on any atom is 0.230 e. The molecule has 0 aromatic rings. The predicted octanol–water partition coefficient (Wildman–Crippen LogP) is 1.39. The Labute approximate surface area is 97.6 Å². The van der Waals surface area contributed by atoms with Crippen molar-refractivity contribution in [2.45, 2.75) is 38.5 Å². The van der Waals surface area contributed by atoms with E-state index in [2.05, 4.69) is 10.2 Å². The smallest absolute Gasteiger partial charge is 0.230 e. The van der Waals surface area contributed by atoms with Crippen molar-refractivity contribution in [3.05, 3.63) is 0 Å². The minimum Gasteiger partial charge on any atom is -0.342 e. The second kappa shape index (κ2) is 4.02. The van der Waals surface area contributed by atoms with Gasteiger partial charge in [0.15, 0.2) is 0 Å². The number of hydrogen-bond donors (Lipinski definition) is 1. The fourth-order valence-electron chi connectivity index (χ4n) is 3.45. The first-order valence-corrected chi connectivity index (χ1v) is 6.80. The highest BCUT2D eigenvalue weighted by Gasteiger charge is 2.46. The molecule has 0 aromatic carbocycles. The largest absolute Gasteiger partial charge is 0.342 e. The second-order valence-corrected chi connectivity index (χ2v) is 5.86. The number of hydrogen-bond acceptors (Lipinski definition) is 2. The van der Waals surface area contributed by atoms with Gasteiger partial charge in [0, 0.05) is 19.6 Å². The third kappa shape index (κ3) is 1.65. The van der Waals surface area contributed by atoms with Crippen molar-refractivity contribution in [1.29, 1.82) is 0 Å². The van der Waals surface area contributed by atoms with Crippen LogP contribution in [0.3, 0.4) is 0 Å². The van der Waals surface area contributed by atoms with E-state index in [-0.39, 0.29) is 5.41 Å². The van der Waals surface area contributed by atoms with Gasteiger partial charge in [-0.05, 0) is 44.6 Å². The summed E-state index contributed by atoms with van der Waals surface area (Å²) in [6, 6.07) is 0. The van der Waals surface area contributed by atoms with Gasteiger partial charge in [-0.25, -0.2) is 0 Å². The molecule has 3 heteroatoms. The maximum atomic E-state index is 12.5. The SMILES string of the molecule is O=C1N(CC2CCC2)CCCC12CCNC2. The summed E-state index contributed by atoms with van der Waals surface area (Å²) in [5.74, 6) is 1.27. The highest BCUT2D eigenvalue weighted by molar-refractivity contribution is 5.84. The van der Waals surface area contributed by atoms with Gasteiger partial charge >= 0.3 is 0 Å². The summed E-state index contributed by atoms with van der Waals surface area (Å²) in [7, 11) is 0. The molecule has 1 spiro atoms. The Kier molecular flexibility index (Phi) is 2.66. The average molecular weight is 222 g/mol. The van der Waals surface area contributed by atoms with E-state index in [0.29, 0.717) is 5.91 Å². The van der Waals surface area contributed by atoms with Crippen molar-refractivity contribution >= 4 is 5.91 Å². The Bertz CT molecular complexity index is 280. The van der Waals surface area contributed by atoms with Crippen molar-refractivity contribution in [1.82, 2.24) is 10.2 Å². The first-order valence-electron chi connectivity index (χ1n) is 6.80. The molecule has 0 radical (unpaired) electrons. The molecular weight excluding hydrogens is 200 g/mol. The minimum atomic E-state index is -0.0119. The van der Waals surface area contributed by atoms with Gasteiger partial charge in [-0.15, -0.1) is 0 Å². The quantitative estimate of drug-likeness (QED) is 0.765. The molecule has 0 bridgehead atoms. The van der Waals surface area contributed by atoms with Crippen LogP contribution in [0.5, 0.6) is 0 Å². The summed E-state index contributed by atoms with van der Waals surface area (Å²) in [6.07, 6.45) is 7.44. The Morgan fingerprint density at radius 3 is 2.81 bits per heavy atom. The van der Waals surface area contributed by atoms with Gasteiger partial charge in [0.25, 0.3) is 0 Å². The van der Waals surface area contributed by atoms with Crippen LogP contribution in [0.15, 0.2) is 0 Å². The van der Waals surface area contributed by atoms with E-state index in [0.717, 1.165) is 44.9 Å². The van der Waals surface area contributed by atoms with Gasteiger partial charge in [-0.2, -0.15) is 0 Å². The Morgan fingerprint density at radius 1 is 1.31 bits per heavy atom. The van der Waals surface area contributed by atoms with Crippen LogP contribution in [0.4, 0.5) is 0 Å². The highest BCUT2D eigenvalue weighted by atomic mass is 16.2. The molecule has 3 fully saturated rings. The van der Waals surface area contributed by atoms with Crippen molar-refractivity contribution in [3.8, 4) is 0 Å². The fourth-order valence-corrected chi connectivity index (χ4v) is 3.45. The molecule has 1 saturated carbocycles. The zero-order chi connectivity index (χ0) is 11.0. The second-order valence-electron chi connectivity index (χ2n) is 5.86.